The van der Waals surface area contributed by atoms with Crippen molar-refractivity contribution in [3.63, 3.8) is 0 Å². The molecule has 0 aliphatic heterocycles. The van der Waals surface area contributed by atoms with Crippen molar-refractivity contribution in [3.8, 4) is 17.2 Å². The zero-order valence-corrected chi connectivity index (χ0v) is 12.2. The predicted molar refractivity (Wildman–Crippen MR) is 79.7 cm³/mol. The third-order valence-corrected chi connectivity index (χ3v) is 3.20. The average molecular weight is 272 g/mol. The van der Waals surface area contributed by atoms with Crippen LogP contribution in [0.4, 0.5) is 0 Å². The monoisotopic (exact) mass is 272 g/mol. The Hall–Kier alpha value is -2.16. The zero-order chi connectivity index (χ0) is 14.4. The highest BCUT2D eigenvalue weighted by atomic mass is 16.5. The van der Waals surface area contributed by atoms with E-state index in [4.69, 9.17) is 14.2 Å². The highest BCUT2D eigenvalue weighted by Gasteiger charge is 2.06. The van der Waals surface area contributed by atoms with Crippen LogP contribution in [0.15, 0.2) is 42.5 Å². The Bertz CT molecular complexity index is 564. The second kappa shape index (κ2) is 6.85. The fourth-order valence-corrected chi connectivity index (χ4v) is 2.07. The standard InChI is InChI=1S/C17H20O3/c1-4-14-7-5-6-8-15(14)20-12-13-9-10-16(18-2)17(11-13)19-3/h5-11H,4,12H2,1-3H3. The van der Waals surface area contributed by atoms with Crippen molar-refractivity contribution in [1.29, 1.82) is 0 Å². The van der Waals surface area contributed by atoms with Gasteiger partial charge in [-0.3, -0.25) is 0 Å². The maximum atomic E-state index is 5.89. The molecule has 3 heteroatoms. The molecule has 0 fully saturated rings. The van der Waals surface area contributed by atoms with E-state index in [1.165, 1.54) is 5.56 Å². The van der Waals surface area contributed by atoms with Gasteiger partial charge in [0.1, 0.15) is 12.4 Å². The average Bonchev–Trinajstić information content (AvgIpc) is 2.52. The Balaban J connectivity index is 2.11. The first-order valence-corrected chi connectivity index (χ1v) is 6.70. The molecule has 0 aromatic heterocycles. The Labute approximate surface area is 120 Å². The molecule has 0 saturated carbocycles. The Morgan fingerprint density at radius 2 is 1.60 bits per heavy atom. The van der Waals surface area contributed by atoms with E-state index in [9.17, 15) is 0 Å². The normalized spacial score (nSPS) is 10.2. The van der Waals surface area contributed by atoms with Crippen LogP contribution in [0.3, 0.4) is 0 Å². The molecule has 3 nitrogen and oxygen atoms in total. The first-order chi connectivity index (χ1) is 9.78. The van der Waals surface area contributed by atoms with Gasteiger partial charge in [-0.25, -0.2) is 0 Å². The van der Waals surface area contributed by atoms with E-state index in [0.29, 0.717) is 6.61 Å². The molecule has 2 aromatic carbocycles. The molecule has 2 rings (SSSR count). The van der Waals surface area contributed by atoms with Crippen LogP contribution in [0, 0.1) is 0 Å². The van der Waals surface area contributed by atoms with Gasteiger partial charge in [-0.2, -0.15) is 0 Å². The van der Waals surface area contributed by atoms with E-state index >= 15 is 0 Å². The summed E-state index contributed by atoms with van der Waals surface area (Å²) in [5.74, 6) is 2.38. The number of rotatable bonds is 6. The van der Waals surface area contributed by atoms with Gasteiger partial charge >= 0.3 is 0 Å². The summed E-state index contributed by atoms with van der Waals surface area (Å²) in [7, 11) is 3.26. The van der Waals surface area contributed by atoms with Gasteiger partial charge in [0.2, 0.25) is 0 Å². The summed E-state index contributed by atoms with van der Waals surface area (Å²) in [5, 5.41) is 0. The lowest BCUT2D eigenvalue weighted by Crippen LogP contribution is -1.99. The van der Waals surface area contributed by atoms with Gasteiger partial charge in [-0.1, -0.05) is 31.2 Å². The fourth-order valence-electron chi connectivity index (χ4n) is 2.07. The first-order valence-electron chi connectivity index (χ1n) is 6.70. The molecule has 0 saturated heterocycles. The van der Waals surface area contributed by atoms with Crippen LogP contribution in [0.25, 0.3) is 0 Å². The molecule has 0 bridgehead atoms. The molecule has 0 aliphatic carbocycles. The molecule has 0 atom stereocenters. The number of hydrogen-bond donors (Lipinski definition) is 0. The van der Waals surface area contributed by atoms with Crippen molar-refractivity contribution < 1.29 is 14.2 Å². The van der Waals surface area contributed by atoms with Crippen LogP contribution in [-0.4, -0.2) is 14.2 Å². The van der Waals surface area contributed by atoms with Gasteiger partial charge in [0.05, 0.1) is 14.2 Å². The number of para-hydroxylation sites is 1. The minimum atomic E-state index is 0.511. The van der Waals surface area contributed by atoms with Gasteiger partial charge in [0.15, 0.2) is 11.5 Å². The topological polar surface area (TPSA) is 27.7 Å². The van der Waals surface area contributed by atoms with Gasteiger partial charge in [-0.15, -0.1) is 0 Å². The quantitative estimate of drug-likeness (QED) is 0.799. The number of benzene rings is 2. The van der Waals surface area contributed by atoms with Gasteiger partial charge < -0.3 is 14.2 Å². The zero-order valence-electron chi connectivity index (χ0n) is 12.2. The summed E-state index contributed by atoms with van der Waals surface area (Å²) >= 11 is 0. The molecule has 0 aliphatic rings. The minimum Gasteiger partial charge on any atom is -0.493 e. The summed E-state index contributed by atoms with van der Waals surface area (Å²) in [6.45, 7) is 2.63. The number of ether oxygens (including phenoxy) is 3. The Kier molecular flexibility index (Phi) is 4.88. The lowest BCUT2D eigenvalue weighted by molar-refractivity contribution is 0.301. The van der Waals surface area contributed by atoms with Crippen molar-refractivity contribution in [2.75, 3.05) is 14.2 Å². The molecular weight excluding hydrogens is 252 g/mol. The van der Waals surface area contributed by atoms with Crippen molar-refractivity contribution >= 4 is 0 Å². The van der Waals surface area contributed by atoms with E-state index in [-0.39, 0.29) is 0 Å². The van der Waals surface area contributed by atoms with Crippen molar-refractivity contribution in [2.45, 2.75) is 20.0 Å². The molecule has 0 amide bonds. The maximum Gasteiger partial charge on any atom is 0.161 e. The van der Waals surface area contributed by atoms with Crippen LogP contribution < -0.4 is 14.2 Å². The van der Waals surface area contributed by atoms with Crippen molar-refractivity contribution in [2.24, 2.45) is 0 Å². The molecule has 0 N–H and O–H groups in total. The molecule has 20 heavy (non-hydrogen) atoms. The van der Waals surface area contributed by atoms with Crippen molar-refractivity contribution in [3.05, 3.63) is 53.6 Å². The van der Waals surface area contributed by atoms with Crippen molar-refractivity contribution in [1.82, 2.24) is 0 Å². The summed E-state index contributed by atoms with van der Waals surface area (Å²) in [5.41, 5.74) is 2.27. The smallest absolute Gasteiger partial charge is 0.161 e. The van der Waals surface area contributed by atoms with Crippen LogP contribution in [0.2, 0.25) is 0 Å². The Morgan fingerprint density at radius 3 is 2.30 bits per heavy atom. The van der Waals surface area contributed by atoms with E-state index < -0.39 is 0 Å². The number of methoxy groups -OCH3 is 2. The minimum absolute atomic E-state index is 0.511. The molecule has 0 unspecified atom stereocenters. The molecule has 2 aromatic rings. The summed E-state index contributed by atoms with van der Waals surface area (Å²) in [6.07, 6.45) is 0.960. The van der Waals surface area contributed by atoms with Crippen LogP contribution in [0.1, 0.15) is 18.1 Å². The van der Waals surface area contributed by atoms with Crippen LogP contribution in [0.5, 0.6) is 17.2 Å². The van der Waals surface area contributed by atoms with Gasteiger partial charge in [0.25, 0.3) is 0 Å². The second-order valence-electron chi connectivity index (χ2n) is 4.44. The maximum absolute atomic E-state index is 5.89. The number of aryl methyl sites for hydroxylation is 1. The summed E-state index contributed by atoms with van der Waals surface area (Å²) in [6, 6.07) is 13.9. The second-order valence-corrected chi connectivity index (χ2v) is 4.44. The number of hydrogen-bond acceptors (Lipinski definition) is 3. The molecule has 0 heterocycles. The molecule has 0 spiro atoms. The van der Waals surface area contributed by atoms with E-state index in [2.05, 4.69) is 13.0 Å². The Morgan fingerprint density at radius 1 is 0.850 bits per heavy atom. The van der Waals surface area contributed by atoms with Crippen LogP contribution in [-0.2, 0) is 13.0 Å². The van der Waals surface area contributed by atoms with E-state index in [1.54, 1.807) is 14.2 Å². The molecule has 0 radical (unpaired) electrons. The lowest BCUT2D eigenvalue weighted by Gasteiger charge is -2.12. The largest absolute Gasteiger partial charge is 0.493 e. The van der Waals surface area contributed by atoms with Crippen LogP contribution >= 0.6 is 0 Å². The highest BCUT2D eigenvalue weighted by Crippen LogP contribution is 2.28. The predicted octanol–water partition coefficient (Wildman–Crippen LogP) is 3.85. The third-order valence-electron chi connectivity index (χ3n) is 3.20. The highest BCUT2D eigenvalue weighted by molar-refractivity contribution is 5.43. The molecule has 106 valence electrons. The van der Waals surface area contributed by atoms with E-state index in [1.807, 2.05) is 36.4 Å². The van der Waals surface area contributed by atoms with Gasteiger partial charge in [-0.05, 0) is 35.7 Å². The fraction of sp³-hybridized carbons (Fsp3) is 0.294. The SMILES string of the molecule is CCc1ccccc1OCc1ccc(OC)c(OC)c1. The summed E-state index contributed by atoms with van der Waals surface area (Å²) in [4.78, 5) is 0. The lowest BCUT2D eigenvalue weighted by atomic mass is 10.1. The first kappa shape index (κ1) is 14.3. The summed E-state index contributed by atoms with van der Waals surface area (Å²) < 4.78 is 16.4. The van der Waals surface area contributed by atoms with Gasteiger partial charge in [0, 0.05) is 0 Å². The van der Waals surface area contributed by atoms with E-state index in [0.717, 1.165) is 29.2 Å². The third kappa shape index (κ3) is 3.23. The molecular formula is C17H20O3.